The van der Waals surface area contributed by atoms with Crippen molar-refractivity contribution >= 4 is 24.0 Å². The second-order valence-electron chi connectivity index (χ2n) is 5.99. The lowest BCUT2D eigenvalue weighted by Gasteiger charge is -2.19. The van der Waals surface area contributed by atoms with E-state index in [9.17, 15) is 4.79 Å². The van der Waals surface area contributed by atoms with Crippen molar-refractivity contribution < 1.29 is 4.79 Å². The Balaban J connectivity index is 0.00000361. The van der Waals surface area contributed by atoms with Crippen LogP contribution in [0.25, 0.3) is 0 Å². The summed E-state index contributed by atoms with van der Waals surface area (Å²) in [4.78, 5) is 11.9. The van der Waals surface area contributed by atoms with E-state index in [1.165, 1.54) is 5.56 Å². The number of anilines is 1. The highest BCUT2D eigenvalue weighted by atomic mass is 35.5. The van der Waals surface area contributed by atoms with E-state index in [0.29, 0.717) is 0 Å². The average molecular weight is 299 g/mol. The van der Waals surface area contributed by atoms with Gasteiger partial charge in [-0.05, 0) is 43.0 Å². The monoisotopic (exact) mass is 298 g/mol. The molecule has 0 heterocycles. The van der Waals surface area contributed by atoms with Crippen LogP contribution in [0.2, 0.25) is 0 Å². The zero-order valence-corrected chi connectivity index (χ0v) is 13.9. The van der Waals surface area contributed by atoms with Gasteiger partial charge in [-0.2, -0.15) is 0 Å². The maximum Gasteiger partial charge on any atom is 0.241 e. The average Bonchev–Trinajstić information content (AvgIpc) is 2.35. The van der Waals surface area contributed by atoms with E-state index < -0.39 is 0 Å². The molecule has 0 bridgehead atoms. The summed E-state index contributed by atoms with van der Waals surface area (Å²) in [5.41, 5.74) is 2.25. The predicted octanol–water partition coefficient (Wildman–Crippen LogP) is 3.73. The van der Waals surface area contributed by atoms with Gasteiger partial charge in [0.15, 0.2) is 0 Å². The molecule has 0 saturated heterocycles. The van der Waals surface area contributed by atoms with E-state index in [0.717, 1.165) is 18.7 Å². The maximum absolute atomic E-state index is 11.9. The van der Waals surface area contributed by atoms with Crippen molar-refractivity contribution in [3.8, 4) is 0 Å². The number of amides is 1. The Kier molecular flexibility index (Phi) is 7.84. The lowest BCUT2D eigenvalue weighted by Crippen LogP contribution is -2.38. The normalized spacial score (nSPS) is 12.4. The van der Waals surface area contributed by atoms with Gasteiger partial charge >= 0.3 is 0 Å². The maximum atomic E-state index is 11.9. The van der Waals surface area contributed by atoms with E-state index >= 15 is 0 Å². The zero-order chi connectivity index (χ0) is 14.5. The van der Waals surface area contributed by atoms with Crippen LogP contribution in [0, 0.1) is 0 Å². The first kappa shape index (κ1) is 18.9. The van der Waals surface area contributed by atoms with Crippen molar-refractivity contribution in [2.75, 3.05) is 11.9 Å². The molecule has 0 aliphatic rings. The third kappa shape index (κ3) is 5.93. The Bertz CT molecular complexity index is 409. The molecule has 3 nitrogen and oxygen atoms in total. The molecule has 114 valence electrons. The Labute approximate surface area is 128 Å². The Morgan fingerprint density at radius 2 is 1.75 bits per heavy atom. The number of hydrogen-bond acceptors (Lipinski definition) is 2. The first-order valence-electron chi connectivity index (χ1n) is 6.99. The van der Waals surface area contributed by atoms with Crippen molar-refractivity contribution in [2.24, 2.45) is 0 Å². The number of hydrogen-bond donors (Lipinski definition) is 2. The fraction of sp³-hybridized carbons (Fsp3) is 0.562. The van der Waals surface area contributed by atoms with E-state index in [-0.39, 0.29) is 29.8 Å². The lowest BCUT2D eigenvalue weighted by atomic mass is 9.87. The van der Waals surface area contributed by atoms with Crippen molar-refractivity contribution in [3.63, 3.8) is 0 Å². The molecule has 1 aromatic rings. The van der Waals surface area contributed by atoms with Crippen LogP contribution < -0.4 is 10.6 Å². The second-order valence-corrected chi connectivity index (χ2v) is 5.99. The first-order valence-corrected chi connectivity index (χ1v) is 6.99. The smallest absolute Gasteiger partial charge is 0.241 e. The first-order chi connectivity index (χ1) is 8.84. The van der Waals surface area contributed by atoms with Gasteiger partial charge in [-0.25, -0.2) is 0 Å². The van der Waals surface area contributed by atoms with Gasteiger partial charge in [0.1, 0.15) is 0 Å². The topological polar surface area (TPSA) is 41.1 Å². The Hall–Kier alpha value is -1.06. The Morgan fingerprint density at radius 1 is 1.20 bits per heavy atom. The fourth-order valence-corrected chi connectivity index (χ4v) is 1.76. The molecular formula is C16H27ClN2O. The molecule has 1 aromatic carbocycles. The molecule has 1 atom stereocenters. The van der Waals surface area contributed by atoms with Crippen LogP contribution in [0.4, 0.5) is 5.69 Å². The predicted molar refractivity (Wildman–Crippen MR) is 88.8 cm³/mol. The number of benzene rings is 1. The molecule has 0 aromatic heterocycles. The molecule has 0 saturated carbocycles. The van der Waals surface area contributed by atoms with Crippen molar-refractivity contribution in [1.82, 2.24) is 5.32 Å². The van der Waals surface area contributed by atoms with Crippen LogP contribution in [0.1, 0.15) is 46.6 Å². The van der Waals surface area contributed by atoms with Crippen LogP contribution in [0.15, 0.2) is 24.3 Å². The quantitative estimate of drug-likeness (QED) is 0.869. The van der Waals surface area contributed by atoms with E-state index in [1.807, 2.05) is 19.1 Å². The molecule has 0 aliphatic carbocycles. The van der Waals surface area contributed by atoms with E-state index in [4.69, 9.17) is 0 Å². The van der Waals surface area contributed by atoms with Gasteiger partial charge in [0.25, 0.3) is 0 Å². The van der Waals surface area contributed by atoms with Crippen LogP contribution in [-0.4, -0.2) is 18.5 Å². The highest BCUT2D eigenvalue weighted by Crippen LogP contribution is 2.23. The standard InChI is InChI=1S/C16H26N2O.ClH/c1-6-11-17-12(2)15(19)18-14-9-7-13(8-10-14)16(3,4)5;/h7-10,12,17H,6,11H2,1-5H3,(H,18,19);1H. The summed E-state index contributed by atoms with van der Waals surface area (Å²) in [6.45, 7) is 11.4. The van der Waals surface area contributed by atoms with Gasteiger partial charge in [-0.15, -0.1) is 12.4 Å². The summed E-state index contributed by atoms with van der Waals surface area (Å²) in [6.07, 6.45) is 1.03. The Morgan fingerprint density at radius 3 is 2.20 bits per heavy atom. The SMILES string of the molecule is CCCNC(C)C(=O)Nc1ccc(C(C)(C)C)cc1.Cl. The summed E-state index contributed by atoms with van der Waals surface area (Å²) >= 11 is 0. The lowest BCUT2D eigenvalue weighted by molar-refractivity contribution is -0.117. The molecule has 4 heteroatoms. The van der Waals surface area contributed by atoms with Crippen LogP contribution in [0.5, 0.6) is 0 Å². The molecule has 0 aliphatic heterocycles. The van der Waals surface area contributed by atoms with Crippen LogP contribution in [0.3, 0.4) is 0 Å². The van der Waals surface area contributed by atoms with Crippen molar-refractivity contribution in [1.29, 1.82) is 0 Å². The van der Waals surface area contributed by atoms with Gasteiger partial charge < -0.3 is 10.6 Å². The number of nitrogens with one attached hydrogen (secondary N) is 2. The molecule has 0 fully saturated rings. The van der Waals surface area contributed by atoms with Crippen LogP contribution >= 0.6 is 12.4 Å². The molecule has 20 heavy (non-hydrogen) atoms. The molecule has 0 spiro atoms. The zero-order valence-electron chi connectivity index (χ0n) is 13.1. The molecule has 1 amide bonds. The summed E-state index contributed by atoms with van der Waals surface area (Å²) in [6, 6.07) is 7.90. The number of rotatable bonds is 5. The fourth-order valence-electron chi connectivity index (χ4n) is 1.76. The van der Waals surface area contributed by atoms with Crippen molar-refractivity contribution in [3.05, 3.63) is 29.8 Å². The number of carbonyl (C=O) groups excluding carboxylic acids is 1. The van der Waals surface area contributed by atoms with Gasteiger partial charge in [-0.3, -0.25) is 4.79 Å². The summed E-state index contributed by atoms with van der Waals surface area (Å²) in [7, 11) is 0. The molecule has 2 N–H and O–H groups in total. The second kappa shape index (κ2) is 8.28. The third-order valence-electron chi connectivity index (χ3n) is 3.11. The van der Waals surface area contributed by atoms with E-state index in [2.05, 4.69) is 50.5 Å². The number of halogens is 1. The minimum Gasteiger partial charge on any atom is -0.325 e. The number of carbonyl (C=O) groups is 1. The minimum absolute atomic E-state index is 0. The van der Waals surface area contributed by atoms with Gasteiger partial charge in [0.05, 0.1) is 6.04 Å². The van der Waals surface area contributed by atoms with Gasteiger partial charge in [0.2, 0.25) is 5.91 Å². The highest BCUT2D eigenvalue weighted by molar-refractivity contribution is 5.94. The summed E-state index contributed by atoms with van der Waals surface area (Å²) in [5.74, 6) is 0.0111. The minimum atomic E-state index is -0.165. The molecular weight excluding hydrogens is 272 g/mol. The molecule has 1 unspecified atom stereocenters. The largest absolute Gasteiger partial charge is 0.325 e. The highest BCUT2D eigenvalue weighted by Gasteiger charge is 2.14. The van der Waals surface area contributed by atoms with E-state index in [1.54, 1.807) is 0 Å². The summed E-state index contributed by atoms with van der Waals surface area (Å²) < 4.78 is 0. The van der Waals surface area contributed by atoms with Gasteiger partial charge in [0, 0.05) is 5.69 Å². The molecule has 0 radical (unpaired) electrons. The van der Waals surface area contributed by atoms with Crippen molar-refractivity contribution in [2.45, 2.75) is 52.5 Å². The summed E-state index contributed by atoms with van der Waals surface area (Å²) in [5, 5.41) is 6.10. The van der Waals surface area contributed by atoms with Gasteiger partial charge in [-0.1, -0.05) is 39.8 Å². The molecule has 1 rings (SSSR count). The van der Waals surface area contributed by atoms with Crippen LogP contribution in [-0.2, 0) is 10.2 Å². The third-order valence-corrected chi connectivity index (χ3v) is 3.11.